The Morgan fingerprint density at radius 3 is 2.20 bits per heavy atom. The van der Waals surface area contributed by atoms with E-state index in [-0.39, 0.29) is 15.7 Å². The zero-order valence-electron chi connectivity index (χ0n) is 10.2. The van der Waals surface area contributed by atoms with E-state index in [9.17, 15) is 19.1 Å². The Labute approximate surface area is 123 Å². The largest absolute Gasteiger partial charge is 0.480 e. The van der Waals surface area contributed by atoms with E-state index in [4.69, 9.17) is 28.3 Å². The lowest BCUT2D eigenvalue weighted by Gasteiger charge is -2.18. The van der Waals surface area contributed by atoms with Gasteiger partial charge in [0.1, 0.15) is 5.82 Å². The summed E-state index contributed by atoms with van der Waals surface area (Å²) in [5.41, 5.74) is -0.0676. The number of aliphatic hydroxyl groups is 1. The molecule has 4 N–H and O–H groups in total. The Balaban J connectivity index is 2.84. The van der Waals surface area contributed by atoms with Crippen LogP contribution in [0.1, 0.15) is 6.92 Å². The van der Waals surface area contributed by atoms with Gasteiger partial charge in [0.05, 0.1) is 21.8 Å². The van der Waals surface area contributed by atoms with Crippen LogP contribution in [0, 0.1) is 5.82 Å². The van der Waals surface area contributed by atoms with Gasteiger partial charge >= 0.3 is 12.0 Å². The van der Waals surface area contributed by atoms with Gasteiger partial charge in [-0.25, -0.2) is 14.0 Å². The molecule has 110 valence electrons. The molecule has 1 aromatic rings. The summed E-state index contributed by atoms with van der Waals surface area (Å²) in [7, 11) is 0. The molecule has 0 fully saturated rings. The number of rotatable bonds is 4. The number of halogens is 3. The number of carbonyl (C=O) groups is 2. The van der Waals surface area contributed by atoms with Crippen molar-refractivity contribution < 1.29 is 24.2 Å². The van der Waals surface area contributed by atoms with E-state index in [0.717, 1.165) is 12.1 Å². The first kappa shape index (κ1) is 16.5. The number of aliphatic hydroxyl groups excluding tert-OH is 1. The fraction of sp³-hybridized carbons (Fsp3) is 0.273. The van der Waals surface area contributed by atoms with E-state index in [2.05, 4.69) is 5.32 Å². The van der Waals surface area contributed by atoms with Crippen LogP contribution < -0.4 is 10.6 Å². The summed E-state index contributed by atoms with van der Waals surface area (Å²) in [4.78, 5) is 22.4. The highest BCUT2D eigenvalue weighted by molar-refractivity contribution is 6.39. The number of carbonyl (C=O) groups excluding carboxylic acids is 1. The molecule has 2 unspecified atom stereocenters. The first-order chi connectivity index (χ1) is 9.22. The molecular weight excluding hydrogens is 314 g/mol. The SMILES string of the molecule is CC(O)C(NC(=O)Nc1c(Cl)cc(F)cc1Cl)C(=O)O. The second-order valence-electron chi connectivity index (χ2n) is 3.90. The fourth-order valence-corrected chi connectivity index (χ4v) is 1.90. The Morgan fingerprint density at radius 2 is 1.80 bits per heavy atom. The average molecular weight is 325 g/mol. The molecular formula is C11H11Cl2FN2O4. The minimum absolute atomic E-state index is 0.0676. The first-order valence-electron chi connectivity index (χ1n) is 5.35. The molecule has 0 saturated heterocycles. The molecule has 1 aromatic carbocycles. The minimum atomic E-state index is -1.51. The maximum absolute atomic E-state index is 13.0. The summed E-state index contributed by atoms with van der Waals surface area (Å²) in [5, 5.41) is 21.9. The number of carboxylic acids is 1. The zero-order valence-corrected chi connectivity index (χ0v) is 11.7. The zero-order chi connectivity index (χ0) is 15.4. The van der Waals surface area contributed by atoms with Crippen LogP contribution in [-0.2, 0) is 4.79 Å². The molecule has 0 spiro atoms. The summed E-state index contributed by atoms with van der Waals surface area (Å²) in [5.74, 6) is -2.09. The molecule has 2 atom stereocenters. The molecule has 0 aliphatic heterocycles. The van der Waals surface area contributed by atoms with Gasteiger partial charge in [-0.3, -0.25) is 0 Å². The molecule has 20 heavy (non-hydrogen) atoms. The van der Waals surface area contributed by atoms with Crippen LogP contribution in [0.2, 0.25) is 10.0 Å². The van der Waals surface area contributed by atoms with Crippen molar-refractivity contribution in [3.8, 4) is 0 Å². The number of carboxylic acid groups (broad SMARTS) is 1. The van der Waals surface area contributed by atoms with Crippen LogP contribution >= 0.6 is 23.2 Å². The summed E-state index contributed by atoms with van der Waals surface area (Å²) in [6, 6.07) is -0.583. The standard InChI is InChI=1S/C11H11Cl2FN2O4/c1-4(17)8(10(18)19)15-11(20)16-9-6(12)2-5(14)3-7(9)13/h2-4,8,17H,1H3,(H,18,19)(H2,15,16,20). The number of benzene rings is 1. The second kappa shape index (κ2) is 6.74. The number of nitrogens with one attached hydrogen (secondary N) is 2. The van der Waals surface area contributed by atoms with Crippen molar-refractivity contribution in [2.45, 2.75) is 19.1 Å². The fourth-order valence-electron chi connectivity index (χ4n) is 1.34. The van der Waals surface area contributed by atoms with Crippen LogP contribution in [0.5, 0.6) is 0 Å². The van der Waals surface area contributed by atoms with Gasteiger partial charge in [0.2, 0.25) is 0 Å². The summed E-state index contributed by atoms with van der Waals surface area (Å²) < 4.78 is 13.0. The maximum Gasteiger partial charge on any atom is 0.328 e. The first-order valence-corrected chi connectivity index (χ1v) is 6.11. The van der Waals surface area contributed by atoms with Crippen molar-refractivity contribution in [1.82, 2.24) is 5.32 Å². The molecule has 2 amide bonds. The predicted octanol–water partition coefficient (Wildman–Crippen LogP) is 2.09. The van der Waals surface area contributed by atoms with Gasteiger partial charge in [-0.15, -0.1) is 0 Å². The Kier molecular flexibility index (Phi) is 5.55. The van der Waals surface area contributed by atoms with E-state index < -0.39 is 30.0 Å². The van der Waals surface area contributed by atoms with E-state index >= 15 is 0 Å². The van der Waals surface area contributed by atoms with E-state index in [1.54, 1.807) is 0 Å². The van der Waals surface area contributed by atoms with E-state index in [1.807, 2.05) is 5.32 Å². The number of hydrogen-bond acceptors (Lipinski definition) is 3. The monoisotopic (exact) mass is 324 g/mol. The van der Waals surface area contributed by atoms with E-state index in [0.29, 0.717) is 0 Å². The molecule has 0 saturated carbocycles. The van der Waals surface area contributed by atoms with Crippen molar-refractivity contribution in [1.29, 1.82) is 0 Å². The van der Waals surface area contributed by atoms with Gasteiger partial charge in [-0.2, -0.15) is 0 Å². The average Bonchev–Trinajstić information content (AvgIpc) is 2.29. The Bertz CT molecular complexity index is 516. The van der Waals surface area contributed by atoms with Crippen LogP contribution in [-0.4, -0.2) is 34.4 Å². The van der Waals surface area contributed by atoms with Gasteiger partial charge in [0, 0.05) is 0 Å². The molecule has 0 radical (unpaired) electrons. The second-order valence-corrected chi connectivity index (χ2v) is 4.71. The summed E-state index contributed by atoms with van der Waals surface area (Å²) >= 11 is 11.4. The highest BCUT2D eigenvalue weighted by atomic mass is 35.5. The quantitative estimate of drug-likeness (QED) is 0.681. The van der Waals surface area contributed by atoms with Crippen LogP contribution in [0.3, 0.4) is 0 Å². The number of urea groups is 1. The summed E-state index contributed by atoms with van der Waals surface area (Å²) in [6.45, 7) is 1.21. The van der Waals surface area contributed by atoms with Gasteiger partial charge in [0.25, 0.3) is 0 Å². The topological polar surface area (TPSA) is 98.7 Å². The Hall–Kier alpha value is -1.57. The molecule has 0 bridgehead atoms. The highest BCUT2D eigenvalue weighted by Crippen LogP contribution is 2.31. The van der Waals surface area contributed by atoms with Crippen molar-refractivity contribution in [3.63, 3.8) is 0 Å². The van der Waals surface area contributed by atoms with Gasteiger partial charge in [-0.1, -0.05) is 23.2 Å². The van der Waals surface area contributed by atoms with Crippen molar-refractivity contribution >= 4 is 40.9 Å². The lowest BCUT2D eigenvalue weighted by Crippen LogP contribution is -2.49. The van der Waals surface area contributed by atoms with Crippen LogP contribution in [0.25, 0.3) is 0 Å². The van der Waals surface area contributed by atoms with Gasteiger partial charge < -0.3 is 20.8 Å². The lowest BCUT2D eigenvalue weighted by molar-refractivity contribution is -0.141. The molecule has 0 aliphatic rings. The van der Waals surface area contributed by atoms with Crippen molar-refractivity contribution in [3.05, 3.63) is 28.0 Å². The van der Waals surface area contributed by atoms with Gasteiger partial charge in [-0.05, 0) is 19.1 Å². The number of aliphatic carboxylic acids is 1. The van der Waals surface area contributed by atoms with Crippen LogP contribution in [0.4, 0.5) is 14.9 Å². The predicted molar refractivity (Wildman–Crippen MR) is 71.7 cm³/mol. The molecule has 0 aliphatic carbocycles. The molecule has 0 heterocycles. The summed E-state index contributed by atoms with van der Waals surface area (Å²) in [6.07, 6.45) is -1.31. The Morgan fingerprint density at radius 1 is 1.30 bits per heavy atom. The molecule has 0 aromatic heterocycles. The van der Waals surface area contributed by atoms with Gasteiger partial charge in [0.15, 0.2) is 6.04 Å². The van der Waals surface area contributed by atoms with Crippen molar-refractivity contribution in [2.24, 2.45) is 0 Å². The van der Waals surface area contributed by atoms with E-state index in [1.165, 1.54) is 6.92 Å². The number of hydrogen-bond donors (Lipinski definition) is 4. The minimum Gasteiger partial charge on any atom is -0.480 e. The van der Waals surface area contributed by atoms with Crippen molar-refractivity contribution in [2.75, 3.05) is 5.32 Å². The lowest BCUT2D eigenvalue weighted by atomic mass is 10.2. The molecule has 6 nitrogen and oxygen atoms in total. The smallest absolute Gasteiger partial charge is 0.328 e. The maximum atomic E-state index is 13.0. The third-order valence-corrected chi connectivity index (χ3v) is 2.88. The molecule has 1 rings (SSSR count). The highest BCUT2D eigenvalue weighted by Gasteiger charge is 2.25. The third kappa shape index (κ3) is 4.22. The normalized spacial score (nSPS) is 13.4. The third-order valence-electron chi connectivity index (χ3n) is 2.28. The number of amides is 2. The van der Waals surface area contributed by atoms with Crippen LogP contribution in [0.15, 0.2) is 12.1 Å². The number of anilines is 1. The molecule has 9 heteroatoms.